The maximum atomic E-state index is 13.0. The molecular formula is C19H20FNO2. The fourth-order valence-corrected chi connectivity index (χ4v) is 3.19. The summed E-state index contributed by atoms with van der Waals surface area (Å²) in [4.78, 5) is 12.5. The number of nitrogens with one attached hydrogen (secondary N) is 1. The highest BCUT2D eigenvalue weighted by Crippen LogP contribution is 2.34. The van der Waals surface area contributed by atoms with Crippen LogP contribution in [0.1, 0.15) is 35.6 Å². The molecule has 1 aliphatic carbocycles. The molecule has 2 aromatic rings. The first-order chi connectivity index (χ1) is 11.1. The van der Waals surface area contributed by atoms with Crippen molar-refractivity contribution in [2.45, 2.75) is 31.4 Å². The van der Waals surface area contributed by atoms with Crippen molar-refractivity contribution >= 4 is 5.91 Å². The number of ether oxygens (including phenoxy) is 1. The molecule has 1 amide bonds. The lowest BCUT2D eigenvalue weighted by molar-refractivity contribution is -0.123. The summed E-state index contributed by atoms with van der Waals surface area (Å²) in [7, 11) is 1.66. The lowest BCUT2D eigenvalue weighted by atomic mass is 9.99. The highest BCUT2D eigenvalue weighted by Gasteiger charge is 2.34. The summed E-state index contributed by atoms with van der Waals surface area (Å²) in [5.41, 5.74) is 3.14. The lowest BCUT2D eigenvalue weighted by Gasteiger charge is -2.22. The van der Waals surface area contributed by atoms with Crippen molar-refractivity contribution in [3.8, 4) is 0 Å². The van der Waals surface area contributed by atoms with Crippen LogP contribution in [0.25, 0.3) is 0 Å². The van der Waals surface area contributed by atoms with Gasteiger partial charge in [0.25, 0.3) is 0 Å². The van der Waals surface area contributed by atoms with Crippen molar-refractivity contribution in [3.05, 3.63) is 71.0 Å². The van der Waals surface area contributed by atoms with Crippen LogP contribution >= 0.6 is 0 Å². The van der Waals surface area contributed by atoms with Crippen molar-refractivity contribution < 1.29 is 13.9 Å². The van der Waals surface area contributed by atoms with E-state index >= 15 is 0 Å². The first-order valence-corrected chi connectivity index (χ1v) is 7.76. The molecule has 0 saturated heterocycles. The second kappa shape index (κ2) is 6.50. The Morgan fingerprint density at radius 1 is 1.22 bits per heavy atom. The molecule has 1 unspecified atom stereocenters. The molecule has 3 rings (SSSR count). The minimum atomic E-state index is -0.336. The van der Waals surface area contributed by atoms with Crippen LogP contribution in [0, 0.1) is 5.82 Å². The molecule has 0 aromatic heterocycles. The smallest absolute Gasteiger partial charge is 0.227 e. The predicted octanol–water partition coefficient (Wildman–Crippen LogP) is 3.36. The summed E-state index contributed by atoms with van der Waals surface area (Å²) >= 11 is 0. The normalized spacial score (nSPS) is 20.8. The fraction of sp³-hybridized carbons (Fsp3) is 0.316. The molecule has 3 atom stereocenters. The fourth-order valence-electron chi connectivity index (χ4n) is 3.19. The molecule has 0 spiro atoms. The summed E-state index contributed by atoms with van der Waals surface area (Å²) in [6, 6.07) is 14.1. The topological polar surface area (TPSA) is 38.3 Å². The summed E-state index contributed by atoms with van der Waals surface area (Å²) in [5, 5.41) is 3.08. The lowest BCUT2D eigenvalue weighted by Crippen LogP contribution is -2.40. The van der Waals surface area contributed by atoms with E-state index in [1.54, 1.807) is 19.2 Å². The van der Waals surface area contributed by atoms with Gasteiger partial charge in [0.2, 0.25) is 5.91 Å². The second-order valence-electron chi connectivity index (χ2n) is 5.95. The van der Waals surface area contributed by atoms with E-state index < -0.39 is 0 Å². The number of carbonyl (C=O) groups excluding carboxylic acids is 1. The summed E-state index contributed by atoms with van der Waals surface area (Å²) in [6.07, 6.45) is 0.631. The molecule has 0 heterocycles. The van der Waals surface area contributed by atoms with E-state index in [2.05, 4.69) is 11.4 Å². The summed E-state index contributed by atoms with van der Waals surface area (Å²) < 4.78 is 18.6. The van der Waals surface area contributed by atoms with Gasteiger partial charge in [0.05, 0.1) is 12.0 Å². The van der Waals surface area contributed by atoms with Gasteiger partial charge in [0.15, 0.2) is 0 Å². The average molecular weight is 313 g/mol. The number of amides is 1. The van der Waals surface area contributed by atoms with Crippen LogP contribution in [0.3, 0.4) is 0 Å². The largest absolute Gasteiger partial charge is 0.375 e. The summed E-state index contributed by atoms with van der Waals surface area (Å²) in [6.45, 7) is 1.83. The van der Waals surface area contributed by atoms with Gasteiger partial charge < -0.3 is 10.1 Å². The first-order valence-electron chi connectivity index (χ1n) is 7.76. The van der Waals surface area contributed by atoms with Gasteiger partial charge in [-0.25, -0.2) is 4.39 Å². The van der Waals surface area contributed by atoms with E-state index in [-0.39, 0.29) is 29.8 Å². The third-order valence-electron chi connectivity index (χ3n) is 4.51. The van der Waals surface area contributed by atoms with E-state index in [4.69, 9.17) is 4.74 Å². The number of methoxy groups -OCH3 is 1. The van der Waals surface area contributed by atoms with E-state index in [0.29, 0.717) is 0 Å². The van der Waals surface area contributed by atoms with Crippen LogP contribution in [0.15, 0.2) is 48.5 Å². The number of hydrogen-bond donors (Lipinski definition) is 1. The minimum Gasteiger partial charge on any atom is -0.375 e. The van der Waals surface area contributed by atoms with Gasteiger partial charge in [-0.15, -0.1) is 0 Å². The Morgan fingerprint density at radius 2 is 1.91 bits per heavy atom. The zero-order chi connectivity index (χ0) is 16.4. The zero-order valence-electron chi connectivity index (χ0n) is 13.3. The van der Waals surface area contributed by atoms with Crippen molar-refractivity contribution in [1.29, 1.82) is 0 Å². The predicted molar refractivity (Wildman–Crippen MR) is 86.6 cm³/mol. The highest BCUT2D eigenvalue weighted by molar-refractivity contribution is 5.83. The Bertz CT molecular complexity index is 699. The van der Waals surface area contributed by atoms with Gasteiger partial charge in [-0.05, 0) is 42.2 Å². The standard InChI is InChI=1S/C19H20FNO2/c1-12(13-7-9-15(20)10-8-13)19(22)21-17-11-14-5-3-4-6-16(14)18(17)23-2/h3-10,12,17-18H,11H2,1-2H3,(H,21,22)/t12?,17-,18+/m0/s1. The molecule has 0 fully saturated rings. The van der Waals surface area contributed by atoms with Crippen molar-refractivity contribution in [3.63, 3.8) is 0 Å². The number of rotatable bonds is 4. The first kappa shape index (κ1) is 15.7. The molecule has 1 aliphatic rings. The summed E-state index contributed by atoms with van der Waals surface area (Å²) in [5.74, 6) is -0.708. The highest BCUT2D eigenvalue weighted by atomic mass is 19.1. The van der Waals surface area contributed by atoms with E-state index in [9.17, 15) is 9.18 Å². The van der Waals surface area contributed by atoms with Crippen molar-refractivity contribution in [2.24, 2.45) is 0 Å². The number of carbonyl (C=O) groups is 1. The Hall–Kier alpha value is -2.20. The monoisotopic (exact) mass is 313 g/mol. The van der Waals surface area contributed by atoms with Crippen LogP contribution in [-0.2, 0) is 16.0 Å². The van der Waals surface area contributed by atoms with Gasteiger partial charge in [-0.1, -0.05) is 36.4 Å². The van der Waals surface area contributed by atoms with E-state index in [0.717, 1.165) is 17.5 Å². The molecule has 4 heteroatoms. The maximum Gasteiger partial charge on any atom is 0.227 e. The quantitative estimate of drug-likeness (QED) is 0.940. The molecule has 0 bridgehead atoms. The van der Waals surface area contributed by atoms with Crippen molar-refractivity contribution in [1.82, 2.24) is 5.32 Å². The third kappa shape index (κ3) is 3.13. The SMILES string of the molecule is CO[C@@H]1c2ccccc2C[C@@H]1NC(=O)C(C)c1ccc(F)cc1. The van der Waals surface area contributed by atoms with Crippen LogP contribution in [-0.4, -0.2) is 19.1 Å². The Kier molecular flexibility index (Phi) is 4.44. The molecule has 3 nitrogen and oxygen atoms in total. The Morgan fingerprint density at radius 3 is 2.61 bits per heavy atom. The van der Waals surface area contributed by atoms with Gasteiger partial charge in [0.1, 0.15) is 11.9 Å². The molecule has 0 aliphatic heterocycles. The molecule has 0 saturated carbocycles. The maximum absolute atomic E-state index is 13.0. The minimum absolute atomic E-state index is 0.0727. The molecule has 2 aromatic carbocycles. The van der Waals surface area contributed by atoms with Gasteiger partial charge in [0, 0.05) is 7.11 Å². The van der Waals surface area contributed by atoms with E-state index in [1.165, 1.54) is 17.7 Å². The zero-order valence-corrected chi connectivity index (χ0v) is 13.3. The van der Waals surface area contributed by atoms with Crippen LogP contribution < -0.4 is 5.32 Å². The van der Waals surface area contributed by atoms with Gasteiger partial charge in [-0.2, -0.15) is 0 Å². The van der Waals surface area contributed by atoms with Gasteiger partial charge in [-0.3, -0.25) is 4.79 Å². The molecule has 120 valence electrons. The third-order valence-corrected chi connectivity index (χ3v) is 4.51. The number of fused-ring (bicyclic) bond motifs is 1. The molecule has 1 N–H and O–H groups in total. The van der Waals surface area contributed by atoms with Crippen LogP contribution in [0.2, 0.25) is 0 Å². The number of benzene rings is 2. The second-order valence-corrected chi connectivity index (χ2v) is 5.95. The molecule has 23 heavy (non-hydrogen) atoms. The molecular weight excluding hydrogens is 293 g/mol. The Balaban J connectivity index is 1.72. The Labute approximate surface area is 135 Å². The van der Waals surface area contributed by atoms with Crippen LogP contribution in [0.5, 0.6) is 0 Å². The number of hydrogen-bond acceptors (Lipinski definition) is 2. The average Bonchev–Trinajstić information content (AvgIpc) is 2.91. The van der Waals surface area contributed by atoms with Crippen molar-refractivity contribution in [2.75, 3.05) is 7.11 Å². The van der Waals surface area contributed by atoms with Gasteiger partial charge >= 0.3 is 0 Å². The van der Waals surface area contributed by atoms with E-state index in [1.807, 2.05) is 25.1 Å². The molecule has 0 radical (unpaired) electrons. The number of halogens is 1. The van der Waals surface area contributed by atoms with Crippen LogP contribution in [0.4, 0.5) is 4.39 Å².